The number of carboxylic acids is 1. The molecule has 112 valence electrons. The van der Waals surface area contributed by atoms with Crippen molar-refractivity contribution in [1.29, 1.82) is 0 Å². The molecule has 6 heteroatoms. The third kappa shape index (κ3) is 3.93. The molecule has 23 heavy (non-hydrogen) atoms. The quantitative estimate of drug-likeness (QED) is 0.770. The van der Waals surface area contributed by atoms with Crippen molar-refractivity contribution in [3.05, 3.63) is 59.7 Å². The number of hydrogen-bond acceptors (Lipinski definition) is 3. The van der Waals surface area contributed by atoms with Crippen molar-refractivity contribution in [3.8, 4) is 11.5 Å². The SMILES string of the molecule is O=C(O)CCC(=O)NC1c2ccccc2Oc2ccccc21.[Na+]. The van der Waals surface area contributed by atoms with Crippen LogP contribution in [0.2, 0.25) is 0 Å². The Kier molecular flexibility index (Phi) is 5.82. The summed E-state index contributed by atoms with van der Waals surface area (Å²) in [6, 6.07) is 14.7. The van der Waals surface area contributed by atoms with E-state index in [1.54, 1.807) is 0 Å². The van der Waals surface area contributed by atoms with Crippen LogP contribution >= 0.6 is 0 Å². The van der Waals surface area contributed by atoms with Gasteiger partial charge in [-0.2, -0.15) is 0 Å². The molecular formula is C17H15NNaO4+. The summed E-state index contributed by atoms with van der Waals surface area (Å²) >= 11 is 0. The molecule has 1 amide bonds. The van der Waals surface area contributed by atoms with E-state index in [9.17, 15) is 9.59 Å². The van der Waals surface area contributed by atoms with Crippen LogP contribution in [-0.2, 0) is 9.59 Å². The number of hydrogen-bond donors (Lipinski definition) is 2. The van der Waals surface area contributed by atoms with E-state index in [0.29, 0.717) is 11.5 Å². The van der Waals surface area contributed by atoms with Crippen LogP contribution in [0.5, 0.6) is 11.5 Å². The van der Waals surface area contributed by atoms with E-state index >= 15 is 0 Å². The summed E-state index contributed by atoms with van der Waals surface area (Å²) in [5.41, 5.74) is 1.73. The molecule has 0 saturated carbocycles. The number of para-hydroxylation sites is 2. The van der Waals surface area contributed by atoms with Gasteiger partial charge in [-0.25, -0.2) is 0 Å². The first kappa shape index (κ1) is 17.5. The largest absolute Gasteiger partial charge is 1.00 e. The fourth-order valence-electron chi connectivity index (χ4n) is 2.52. The maximum absolute atomic E-state index is 12.0. The molecule has 2 aromatic carbocycles. The summed E-state index contributed by atoms with van der Waals surface area (Å²) in [5, 5.41) is 11.6. The number of rotatable bonds is 4. The zero-order valence-corrected chi connectivity index (χ0v) is 14.8. The molecule has 1 heterocycles. The van der Waals surface area contributed by atoms with E-state index in [-0.39, 0.29) is 54.3 Å². The molecule has 2 aromatic rings. The summed E-state index contributed by atoms with van der Waals surface area (Å²) in [6.45, 7) is 0. The Labute approximate surface area is 156 Å². The van der Waals surface area contributed by atoms with Gasteiger partial charge in [0, 0.05) is 17.5 Å². The molecular weight excluding hydrogens is 305 g/mol. The van der Waals surface area contributed by atoms with Crippen molar-refractivity contribution in [3.63, 3.8) is 0 Å². The van der Waals surface area contributed by atoms with Crippen molar-refractivity contribution < 1.29 is 49.0 Å². The number of carbonyl (C=O) groups excluding carboxylic acids is 1. The Balaban J connectivity index is 0.00000192. The van der Waals surface area contributed by atoms with Gasteiger partial charge in [0.2, 0.25) is 5.91 Å². The van der Waals surface area contributed by atoms with Crippen molar-refractivity contribution in [2.24, 2.45) is 0 Å². The van der Waals surface area contributed by atoms with Crippen molar-refractivity contribution >= 4 is 11.9 Å². The van der Waals surface area contributed by atoms with Gasteiger partial charge >= 0.3 is 35.5 Å². The van der Waals surface area contributed by atoms with Gasteiger partial charge in [-0.05, 0) is 12.1 Å². The number of carbonyl (C=O) groups is 2. The molecule has 0 saturated heterocycles. The predicted molar refractivity (Wildman–Crippen MR) is 79.8 cm³/mol. The zero-order chi connectivity index (χ0) is 15.5. The van der Waals surface area contributed by atoms with Crippen LogP contribution in [0.15, 0.2) is 48.5 Å². The topological polar surface area (TPSA) is 75.6 Å². The molecule has 0 aromatic heterocycles. The summed E-state index contributed by atoms with van der Waals surface area (Å²) in [6.07, 6.45) is -0.227. The van der Waals surface area contributed by atoms with E-state index in [2.05, 4.69) is 5.32 Å². The first-order valence-electron chi connectivity index (χ1n) is 7.02. The number of aliphatic carboxylic acids is 1. The van der Waals surface area contributed by atoms with Gasteiger partial charge in [0.05, 0.1) is 12.5 Å². The molecule has 0 spiro atoms. The Hall–Kier alpha value is -1.82. The number of nitrogens with one attached hydrogen (secondary N) is 1. The Morgan fingerprint density at radius 3 is 2.00 bits per heavy atom. The zero-order valence-electron chi connectivity index (χ0n) is 12.8. The van der Waals surface area contributed by atoms with Crippen LogP contribution in [0.1, 0.15) is 30.0 Å². The van der Waals surface area contributed by atoms with Crippen molar-refractivity contribution in [1.82, 2.24) is 5.32 Å². The minimum Gasteiger partial charge on any atom is -0.481 e. The van der Waals surface area contributed by atoms with E-state index in [1.165, 1.54) is 0 Å². The summed E-state index contributed by atoms with van der Waals surface area (Å²) in [4.78, 5) is 22.6. The van der Waals surface area contributed by atoms with Crippen LogP contribution in [0, 0.1) is 0 Å². The fraction of sp³-hybridized carbons (Fsp3) is 0.176. The smallest absolute Gasteiger partial charge is 0.481 e. The Bertz CT molecular complexity index is 687. The maximum atomic E-state index is 12.0. The van der Waals surface area contributed by atoms with Crippen LogP contribution in [0.25, 0.3) is 0 Å². The average Bonchev–Trinajstić information content (AvgIpc) is 2.52. The van der Waals surface area contributed by atoms with Gasteiger partial charge in [0.25, 0.3) is 0 Å². The van der Waals surface area contributed by atoms with Crippen LogP contribution in [-0.4, -0.2) is 17.0 Å². The molecule has 3 rings (SSSR count). The predicted octanol–water partition coefficient (Wildman–Crippen LogP) is -0.133. The maximum Gasteiger partial charge on any atom is 1.00 e. The van der Waals surface area contributed by atoms with E-state index < -0.39 is 5.97 Å². The number of carboxylic acid groups (broad SMARTS) is 1. The van der Waals surface area contributed by atoms with Gasteiger partial charge in [0.15, 0.2) is 0 Å². The summed E-state index contributed by atoms with van der Waals surface area (Å²) in [7, 11) is 0. The molecule has 0 unspecified atom stereocenters. The van der Waals surface area contributed by atoms with Gasteiger partial charge in [0.1, 0.15) is 11.5 Å². The average molecular weight is 320 g/mol. The number of amides is 1. The Morgan fingerprint density at radius 2 is 1.48 bits per heavy atom. The fourth-order valence-corrected chi connectivity index (χ4v) is 2.52. The minimum absolute atomic E-state index is 0. The number of fused-ring (bicyclic) bond motifs is 2. The first-order valence-corrected chi connectivity index (χ1v) is 7.02. The van der Waals surface area contributed by atoms with Gasteiger partial charge in [-0.1, -0.05) is 36.4 Å². The van der Waals surface area contributed by atoms with E-state index in [0.717, 1.165) is 11.1 Å². The first-order chi connectivity index (χ1) is 10.6. The molecule has 0 radical (unpaired) electrons. The molecule has 1 aliphatic rings. The van der Waals surface area contributed by atoms with Crippen LogP contribution in [0.4, 0.5) is 0 Å². The van der Waals surface area contributed by atoms with Gasteiger partial charge in [-0.3, -0.25) is 9.59 Å². The van der Waals surface area contributed by atoms with Crippen molar-refractivity contribution in [2.45, 2.75) is 18.9 Å². The van der Waals surface area contributed by atoms with E-state index in [1.807, 2.05) is 48.5 Å². The third-order valence-electron chi connectivity index (χ3n) is 3.55. The molecule has 0 bridgehead atoms. The summed E-state index contributed by atoms with van der Waals surface area (Å²) in [5.74, 6) is 0.122. The van der Waals surface area contributed by atoms with Crippen LogP contribution in [0.3, 0.4) is 0 Å². The van der Waals surface area contributed by atoms with Crippen molar-refractivity contribution in [2.75, 3.05) is 0 Å². The molecule has 0 aliphatic carbocycles. The monoisotopic (exact) mass is 320 g/mol. The number of ether oxygens (including phenoxy) is 1. The Morgan fingerprint density at radius 1 is 0.957 bits per heavy atom. The van der Waals surface area contributed by atoms with Gasteiger partial charge < -0.3 is 15.2 Å². The molecule has 0 fully saturated rings. The second-order valence-corrected chi connectivity index (χ2v) is 5.07. The third-order valence-corrected chi connectivity index (χ3v) is 3.55. The van der Waals surface area contributed by atoms with Gasteiger partial charge in [-0.15, -0.1) is 0 Å². The second kappa shape index (κ2) is 7.64. The van der Waals surface area contributed by atoms with E-state index in [4.69, 9.17) is 9.84 Å². The molecule has 5 nitrogen and oxygen atoms in total. The molecule has 0 atom stereocenters. The number of benzene rings is 2. The summed E-state index contributed by atoms with van der Waals surface area (Å²) < 4.78 is 5.84. The second-order valence-electron chi connectivity index (χ2n) is 5.07. The molecule has 2 N–H and O–H groups in total. The normalized spacial score (nSPS) is 12.2. The standard InChI is InChI=1S/C17H15NO4.Na/c19-15(9-10-16(20)21)18-17-11-5-1-3-7-13(11)22-14-8-4-2-6-12(14)17;/h1-8,17H,9-10H2,(H,18,19)(H,20,21);/q;+1. The minimum atomic E-state index is -0.983. The van der Waals surface area contributed by atoms with Crippen LogP contribution < -0.4 is 39.6 Å². The molecule has 1 aliphatic heterocycles.